The first-order valence-corrected chi connectivity index (χ1v) is 5.39. The van der Waals surface area contributed by atoms with Crippen LogP contribution in [0.25, 0.3) is 0 Å². The van der Waals surface area contributed by atoms with Gasteiger partial charge >= 0.3 is 12.3 Å². The van der Waals surface area contributed by atoms with Crippen molar-refractivity contribution in [3.63, 3.8) is 0 Å². The summed E-state index contributed by atoms with van der Waals surface area (Å²) in [6.45, 7) is -1.14. The summed E-state index contributed by atoms with van der Waals surface area (Å²) < 4.78 is 48.8. The van der Waals surface area contributed by atoms with E-state index in [1.807, 2.05) is 0 Å². The Morgan fingerprint density at radius 1 is 1.24 bits per heavy atom. The van der Waals surface area contributed by atoms with Crippen LogP contribution in [0.15, 0.2) is 18.2 Å². The van der Waals surface area contributed by atoms with Crippen LogP contribution < -0.4 is 5.32 Å². The summed E-state index contributed by atoms with van der Waals surface area (Å²) in [5.74, 6) is -4.04. The predicted octanol–water partition coefficient (Wildman–Crippen LogP) is 3.98. The molecule has 0 fully saturated rings. The summed E-state index contributed by atoms with van der Waals surface area (Å²) in [7, 11) is 0. The first-order chi connectivity index (χ1) is 7.83. The number of benzene rings is 1. The van der Waals surface area contributed by atoms with Crippen LogP contribution in [-0.4, -0.2) is 18.9 Å². The first kappa shape index (κ1) is 14.5. The molecule has 0 unspecified atom stereocenters. The highest BCUT2D eigenvalue weighted by Gasteiger charge is 2.39. The van der Waals surface area contributed by atoms with E-state index in [-0.39, 0.29) is 6.54 Å². The Kier molecular flexibility index (Phi) is 5.04. The van der Waals surface area contributed by atoms with Crippen molar-refractivity contribution in [2.45, 2.75) is 18.9 Å². The maximum absolute atomic E-state index is 12.5. The third-order valence-electron chi connectivity index (χ3n) is 2.01. The molecule has 0 spiro atoms. The van der Waals surface area contributed by atoms with Crippen LogP contribution in [-0.2, 0) is 6.54 Å². The van der Waals surface area contributed by atoms with Crippen molar-refractivity contribution in [2.75, 3.05) is 6.54 Å². The Hall–Kier alpha value is -0.520. The summed E-state index contributed by atoms with van der Waals surface area (Å²) in [5, 5.41) is 2.94. The largest absolute Gasteiger partial charge is 0.319 e. The lowest BCUT2D eigenvalue weighted by atomic mass is 10.2. The van der Waals surface area contributed by atoms with Crippen molar-refractivity contribution in [3.05, 3.63) is 33.8 Å². The molecule has 0 aliphatic carbocycles. The zero-order valence-corrected chi connectivity index (χ0v) is 10.0. The lowest BCUT2D eigenvalue weighted by Crippen LogP contribution is -2.38. The highest BCUT2D eigenvalue weighted by atomic mass is 35.5. The Morgan fingerprint density at radius 3 is 2.41 bits per heavy atom. The standard InChI is InChI=1S/C10H9Cl2F4N/c11-7-2-1-6(8(12)3-7)4-17-5-10(15,16)9(13)14/h1-3,9,17H,4-5H2. The molecule has 7 heteroatoms. The molecule has 0 bridgehead atoms. The smallest absolute Gasteiger partial charge is 0.307 e. The molecular formula is C10H9Cl2F4N. The Morgan fingerprint density at radius 2 is 1.88 bits per heavy atom. The molecule has 0 atom stereocenters. The highest BCUT2D eigenvalue weighted by Crippen LogP contribution is 2.23. The molecule has 1 nitrogen and oxygen atoms in total. The van der Waals surface area contributed by atoms with Crippen molar-refractivity contribution >= 4 is 23.2 Å². The molecule has 0 amide bonds. The maximum Gasteiger partial charge on any atom is 0.319 e. The fourth-order valence-electron chi connectivity index (χ4n) is 1.11. The van der Waals surface area contributed by atoms with E-state index in [9.17, 15) is 17.6 Å². The van der Waals surface area contributed by atoms with Gasteiger partial charge in [0.05, 0.1) is 6.54 Å². The fraction of sp³-hybridized carbons (Fsp3) is 0.400. The number of hydrogen-bond donors (Lipinski definition) is 1. The maximum atomic E-state index is 12.5. The molecule has 96 valence electrons. The van der Waals surface area contributed by atoms with Crippen LogP contribution in [0.5, 0.6) is 0 Å². The lowest BCUT2D eigenvalue weighted by Gasteiger charge is -2.16. The van der Waals surface area contributed by atoms with Crippen molar-refractivity contribution in [1.82, 2.24) is 5.32 Å². The van der Waals surface area contributed by atoms with Crippen molar-refractivity contribution < 1.29 is 17.6 Å². The Bertz CT molecular complexity index is 385. The van der Waals surface area contributed by atoms with Crippen LogP contribution in [0.3, 0.4) is 0 Å². The second-order valence-corrected chi connectivity index (χ2v) is 4.24. The first-order valence-electron chi connectivity index (χ1n) is 4.63. The van der Waals surface area contributed by atoms with E-state index in [2.05, 4.69) is 5.32 Å². The monoisotopic (exact) mass is 289 g/mol. The second-order valence-electron chi connectivity index (χ2n) is 3.40. The van der Waals surface area contributed by atoms with Crippen molar-refractivity contribution in [2.24, 2.45) is 0 Å². The molecule has 0 saturated heterocycles. The molecule has 0 aromatic heterocycles. The fourth-order valence-corrected chi connectivity index (χ4v) is 1.58. The minimum absolute atomic E-state index is 0.0295. The SMILES string of the molecule is FC(F)C(F)(F)CNCc1ccc(Cl)cc1Cl. The van der Waals surface area contributed by atoms with Gasteiger partial charge in [-0.25, -0.2) is 8.78 Å². The molecule has 0 aliphatic rings. The summed E-state index contributed by atoms with van der Waals surface area (Å²) in [6, 6.07) is 4.53. The van der Waals surface area contributed by atoms with Crippen LogP contribution in [0.1, 0.15) is 5.56 Å². The third kappa shape index (κ3) is 4.33. The molecule has 1 aromatic rings. The minimum atomic E-state index is -4.04. The third-order valence-corrected chi connectivity index (χ3v) is 2.60. The van der Waals surface area contributed by atoms with Gasteiger partial charge in [0.2, 0.25) is 0 Å². The molecule has 0 aliphatic heterocycles. The van der Waals surface area contributed by atoms with Gasteiger partial charge in [-0.3, -0.25) is 0 Å². The van der Waals surface area contributed by atoms with Gasteiger partial charge in [-0.15, -0.1) is 0 Å². The quantitative estimate of drug-likeness (QED) is 0.809. The molecule has 0 saturated carbocycles. The molecule has 17 heavy (non-hydrogen) atoms. The molecular weight excluding hydrogens is 281 g/mol. The average molecular weight is 290 g/mol. The normalized spacial score (nSPS) is 12.2. The van der Waals surface area contributed by atoms with Gasteiger partial charge in [-0.1, -0.05) is 29.3 Å². The van der Waals surface area contributed by atoms with E-state index in [0.29, 0.717) is 15.6 Å². The zero-order valence-electron chi connectivity index (χ0n) is 8.49. The summed E-state index contributed by atoms with van der Waals surface area (Å²) in [5.41, 5.74) is 0.515. The van der Waals surface area contributed by atoms with Gasteiger partial charge in [-0.05, 0) is 17.7 Å². The highest BCUT2D eigenvalue weighted by molar-refractivity contribution is 6.35. The van der Waals surface area contributed by atoms with Crippen molar-refractivity contribution in [3.8, 4) is 0 Å². The van der Waals surface area contributed by atoms with Gasteiger partial charge in [0.25, 0.3) is 0 Å². The van der Waals surface area contributed by atoms with Crippen LogP contribution in [0.4, 0.5) is 17.6 Å². The van der Waals surface area contributed by atoms with Gasteiger partial charge < -0.3 is 5.32 Å². The minimum Gasteiger partial charge on any atom is -0.307 e. The average Bonchev–Trinajstić information content (AvgIpc) is 2.21. The van der Waals surface area contributed by atoms with E-state index < -0.39 is 18.9 Å². The molecule has 1 rings (SSSR count). The number of alkyl halides is 4. The van der Waals surface area contributed by atoms with Gasteiger partial charge in [-0.2, -0.15) is 8.78 Å². The number of halogens is 6. The summed E-state index contributed by atoms with van der Waals surface area (Å²) >= 11 is 11.4. The Labute approximate surface area is 106 Å². The summed E-state index contributed by atoms with van der Waals surface area (Å²) in [6.07, 6.45) is -3.68. The van der Waals surface area contributed by atoms with Crippen molar-refractivity contribution in [1.29, 1.82) is 0 Å². The van der Waals surface area contributed by atoms with Gasteiger partial charge in [0.15, 0.2) is 0 Å². The number of rotatable bonds is 5. The number of hydrogen-bond acceptors (Lipinski definition) is 1. The molecule has 0 heterocycles. The van der Waals surface area contributed by atoms with Gasteiger partial charge in [0, 0.05) is 16.6 Å². The lowest BCUT2D eigenvalue weighted by molar-refractivity contribution is -0.125. The predicted molar refractivity (Wildman–Crippen MR) is 59.1 cm³/mol. The number of nitrogens with one attached hydrogen (secondary N) is 1. The van der Waals surface area contributed by atoms with Gasteiger partial charge in [0.1, 0.15) is 0 Å². The van der Waals surface area contributed by atoms with E-state index in [1.165, 1.54) is 18.2 Å². The van der Waals surface area contributed by atoms with E-state index >= 15 is 0 Å². The van der Waals surface area contributed by atoms with Crippen LogP contribution in [0, 0.1) is 0 Å². The second kappa shape index (κ2) is 5.89. The van der Waals surface area contributed by atoms with E-state index in [4.69, 9.17) is 23.2 Å². The van der Waals surface area contributed by atoms with E-state index in [1.54, 1.807) is 0 Å². The Balaban J connectivity index is 2.51. The van der Waals surface area contributed by atoms with Crippen LogP contribution in [0.2, 0.25) is 10.0 Å². The molecule has 1 aromatic carbocycles. The molecule has 0 radical (unpaired) electrons. The summed E-state index contributed by atoms with van der Waals surface area (Å²) in [4.78, 5) is 0. The molecule has 1 N–H and O–H groups in total. The van der Waals surface area contributed by atoms with Crippen LogP contribution >= 0.6 is 23.2 Å². The zero-order chi connectivity index (χ0) is 13.1. The topological polar surface area (TPSA) is 12.0 Å². The van der Waals surface area contributed by atoms with E-state index in [0.717, 1.165) is 0 Å².